The number of benzene rings is 1. The van der Waals surface area contributed by atoms with Crippen LogP contribution in [0, 0.1) is 17.0 Å². The van der Waals surface area contributed by atoms with Gasteiger partial charge in [0.2, 0.25) is 0 Å². The molecule has 0 aliphatic rings. The highest BCUT2D eigenvalue weighted by atomic mass is 16.6. The van der Waals surface area contributed by atoms with Crippen LogP contribution in [0.5, 0.6) is 0 Å². The highest BCUT2D eigenvalue weighted by molar-refractivity contribution is 5.53. The van der Waals surface area contributed by atoms with Gasteiger partial charge in [-0.2, -0.15) is 0 Å². The molecule has 0 aliphatic heterocycles. The number of nitrogens with one attached hydrogen (secondary N) is 1. The Hall–Kier alpha value is -1.58. The molecule has 1 aromatic carbocycles. The van der Waals surface area contributed by atoms with E-state index < -0.39 is 0 Å². The molecule has 0 heterocycles. The summed E-state index contributed by atoms with van der Waals surface area (Å²) in [6.45, 7) is 4.83. The van der Waals surface area contributed by atoms with E-state index in [0.29, 0.717) is 0 Å². The van der Waals surface area contributed by atoms with Crippen LogP contribution in [0.25, 0.3) is 0 Å². The SMILES string of the molecule is CCCCNc1cc(C)cc([N+](=O)[O-])c1. The number of non-ortho nitro benzene ring substituents is 1. The molecule has 0 spiro atoms. The average Bonchev–Trinajstić information content (AvgIpc) is 2.17. The second kappa shape index (κ2) is 5.34. The molecular formula is C11H16N2O2. The molecule has 0 aliphatic carbocycles. The van der Waals surface area contributed by atoms with E-state index in [2.05, 4.69) is 12.2 Å². The summed E-state index contributed by atoms with van der Waals surface area (Å²) in [5.41, 5.74) is 1.88. The minimum atomic E-state index is -0.363. The lowest BCUT2D eigenvalue weighted by Crippen LogP contribution is -2.01. The van der Waals surface area contributed by atoms with Gasteiger partial charge in [0, 0.05) is 24.4 Å². The fraction of sp³-hybridized carbons (Fsp3) is 0.455. The Morgan fingerprint density at radius 3 is 2.73 bits per heavy atom. The van der Waals surface area contributed by atoms with E-state index in [4.69, 9.17) is 0 Å². The Morgan fingerprint density at radius 2 is 2.13 bits per heavy atom. The van der Waals surface area contributed by atoms with Crippen LogP contribution in [0.1, 0.15) is 25.3 Å². The van der Waals surface area contributed by atoms with Crippen molar-refractivity contribution in [3.8, 4) is 0 Å². The van der Waals surface area contributed by atoms with Gasteiger partial charge in [-0.25, -0.2) is 0 Å². The van der Waals surface area contributed by atoms with Crippen molar-refractivity contribution in [2.24, 2.45) is 0 Å². The van der Waals surface area contributed by atoms with Gasteiger partial charge in [0.1, 0.15) is 0 Å². The van der Waals surface area contributed by atoms with Crippen LogP contribution in [0.15, 0.2) is 18.2 Å². The predicted molar refractivity (Wildman–Crippen MR) is 61.2 cm³/mol. The maximum absolute atomic E-state index is 10.6. The molecule has 0 saturated carbocycles. The highest BCUT2D eigenvalue weighted by Crippen LogP contribution is 2.20. The number of hydrogen-bond donors (Lipinski definition) is 1. The number of nitrogens with zero attached hydrogens (tertiary/aromatic N) is 1. The zero-order valence-corrected chi connectivity index (χ0v) is 9.12. The van der Waals surface area contributed by atoms with Gasteiger partial charge in [-0.3, -0.25) is 10.1 Å². The first-order chi connectivity index (χ1) is 7.13. The monoisotopic (exact) mass is 208 g/mol. The molecule has 1 N–H and O–H groups in total. The van der Waals surface area contributed by atoms with Crippen LogP contribution in [0.4, 0.5) is 11.4 Å². The molecule has 0 bridgehead atoms. The number of nitro groups is 1. The first-order valence-corrected chi connectivity index (χ1v) is 5.13. The third kappa shape index (κ3) is 3.58. The largest absolute Gasteiger partial charge is 0.385 e. The van der Waals surface area contributed by atoms with Gasteiger partial charge in [-0.1, -0.05) is 13.3 Å². The molecule has 1 rings (SSSR count). The lowest BCUT2D eigenvalue weighted by Gasteiger charge is -2.06. The maximum Gasteiger partial charge on any atom is 0.271 e. The molecule has 0 amide bonds. The molecule has 0 aromatic heterocycles. The summed E-state index contributed by atoms with van der Waals surface area (Å²) in [4.78, 5) is 10.3. The molecule has 0 atom stereocenters. The fourth-order valence-electron chi connectivity index (χ4n) is 1.38. The second-order valence-corrected chi connectivity index (χ2v) is 3.59. The smallest absolute Gasteiger partial charge is 0.271 e. The summed E-state index contributed by atoms with van der Waals surface area (Å²) in [5, 5.41) is 13.8. The normalized spacial score (nSPS) is 10.0. The second-order valence-electron chi connectivity index (χ2n) is 3.59. The van der Waals surface area contributed by atoms with Gasteiger partial charge in [-0.05, 0) is 25.0 Å². The van der Waals surface area contributed by atoms with Gasteiger partial charge in [0.25, 0.3) is 5.69 Å². The maximum atomic E-state index is 10.6. The van der Waals surface area contributed by atoms with E-state index in [1.54, 1.807) is 12.1 Å². The zero-order valence-electron chi connectivity index (χ0n) is 9.12. The summed E-state index contributed by atoms with van der Waals surface area (Å²) in [5.74, 6) is 0. The van der Waals surface area contributed by atoms with Gasteiger partial charge in [-0.15, -0.1) is 0 Å². The molecule has 0 unspecified atom stereocenters. The summed E-state index contributed by atoms with van der Waals surface area (Å²) in [6.07, 6.45) is 2.18. The van der Waals surface area contributed by atoms with Crippen LogP contribution in [0.2, 0.25) is 0 Å². The zero-order chi connectivity index (χ0) is 11.3. The Morgan fingerprint density at radius 1 is 1.40 bits per heavy atom. The molecule has 0 fully saturated rings. The molecule has 0 radical (unpaired) electrons. The quantitative estimate of drug-likeness (QED) is 0.459. The number of hydrogen-bond acceptors (Lipinski definition) is 3. The van der Waals surface area contributed by atoms with Crippen molar-refractivity contribution in [1.82, 2.24) is 0 Å². The van der Waals surface area contributed by atoms with E-state index in [0.717, 1.165) is 30.6 Å². The standard InChI is InChI=1S/C11H16N2O2/c1-3-4-5-12-10-6-9(2)7-11(8-10)13(14)15/h6-8,12H,3-5H2,1-2H3. The Labute approximate surface area is 89.5 Å². The minimum Gasteiger partial charge on any atom is -0.385 e. The Bertz CT molecular complexity index is 350. The van der Waals surface area contributed by atoms with Crippen molar-refractivity contribution in [1.29, 1.82) is 0 Å². The van der Waals surface area contributed by atoms with E-state index >= 15 is 0 Å². The van der Waals surface area contributed by atoms with Crippen molar-refractivity contribution in [2.75, 3.05) is 11.9 Å². The third-order valence-electron chi connectivity index (χ3n) is 2.13. The first-order valence-electron chi connectivity index (χ1n) is 5.13. The number of rotatable bonds is 5. The van der Waals surface area contributed by atoms with Crippen LogP contribution in [-0.4, -0.2) is 11.5 Å². The number of aryl methyl sites for hydroxylation is 1. The average molecular weight is 208 g/mol. The van der Waals surface area contributed by atoms with Crippen molar-refractivity contribution in [3.63, 3.8) is 0 Å². The molecule has 15 heavy (non-hydrogen) atoms. The number of nitro benzene ring substituents is 1. The summed E-state index contributed by atoms with van der Waals surface area (Å²) in [7, 11) is 0. The van der Waals surface area contributed by atoms with E-state index in [1.807, 2.05) is 13.0 Å². The van der Waals surface area contributed by atoms with Crippen LogP contribution in [-0.2, 0) is 0 Å². The van der Waals surface area contributed by atoms with Crippen molar-refractivity contribution < 1.29 is 4.92 Å². The molecule has 82 valence electrons. The summed E-state index contributed by atoms with van der Waals surface area (Å²) >= 11 is 0. The Balaban J connectivity index is 2.75. The van der Waals surface area contributed by atoms with Crippen LogP contribution < -0.4 is 5.32 Å². The minimum absolute atomic E-state index is 0.147. The molecule has 1 aromatic rings. The van der Waals surface area contributed by atoms with Crippen LogP contribution >= 0.6 is 0 Å². The summed E-state index contributed by atoms with van der Waals surface area (Å²) < 4.78 is 0. The topological polar surface area (TPSA) is 55.2 Å². The highest BCUT2D eigenvalue weighted by Gasteiger charge is 2.07. The molecule has 0 saturated heterocycles. The lowest BCUT2D eigenvalue weighted by molar-refractivity contribution is -0.384. The fourth-order valence-corrected chi connectivity index (χ4v) is 1.38. The van der Waals surface area contributed by atoms with Gasteiger partial charge >= 0.3 is 0 Å². The van der Waals surface area contributed by atoms with E-state index in [1.165, 1.54) is 0 Å². The molecular weight excluding hydrogens is 192 g/mol. The van der Waals surface area contributed by atoms with Gasteiger partial charge in [0.05, 0.1) is 4.92 Å². The van der Waals surface area contributed by atoms with Gasteiger partial charge < -0.3 is 5.32 Å². The van der Waals surface area contributed by atoms with E-state index in [9.17, 15) is 10.1 Å². The summed E-state index contributed by atoms with van der Waals surface area (Å²) in [6, 6.07) is 5.07. The third-order valence-corrected chi connectivity index (χ3v) is 2.13. The van der Waals surface area contributed by atoms with Gasteiger partial charge in [0.15, 0.2) is 0 Å². The van der Waals surface area contributed by atoms with E-state index in [-0.39, 0.29) is 10.6 Å². The lowest BCUT2D eigenvalue weighted by atomic mass is 10.2. The van der Waals surface area contributed by atoms with Crippen LogP contribution in [0.3, 0.4) is 0 Å². The first kappa shape index (κ1) is 11.5. The molecule has 4 heteroatoms. The Kier molecular flexibility index (Phi) is 4.09. The van der Waals surface area contributed by atoms with Crippen molar-refractivity contribution in [3.05, 3.63) is 33.9 Å². The van der Waals surface area contributed by atoms with Crippen molar-refractivity contribution >= 4 is 11.4 Å². The molecule has 4 nitrogen and oxygen atoms in total. The van der Waals surface area contributed by atoms with Crippen molar-refractivity contribution in [2.45, 2.75) is 26.7 Å². The predicted octanol–water partition coefficient (Wildman–Crippen LogP) is 3.12. The number of anilines is 1. The number of unbranched alkanes of at least 4 members (excludes halogenated alkanes) is 1.